The van der Waals surface area contributed by atoms with Gasteiger partial charge in [-0.1, -0.05) is 17.7 Å². The second-order valence-electron chi connectivity index (χ2n) is 7.00. The maximum atomic E-state index is 13.0. The zero-order valence-electron chi connectivity index (χ0n) is 16.0. The van der Waals surface area contributed by atoms with Crippen LogP contribution in [0.1, 0.15) is 18.4 Å². The van der Waals surface area contributed by atoms with Crippen molar-refractivity contribution in [3.63, 3.8) is 0 Å². The molecule has 0 spiro atoms. The highest BCUT2D eigenvalue weighted by Gasteiger charge is 2.23. The van der Waals surface area contributed by atoms with E-state index in [1.165, 1.54) is 0 Å². The summed E-state index contributed by atoms with van der Waals surface area (Å²) in [5.41, 5.74) is 1.61. The third kappa shape index (κ3) is 4.83. The van der Waals surface area contributed by atoms with E-state index in [2.05, 4.69) is 9.97 Å². The van der Waals surface area contributed by atoms with Gasteiger partial charge in [0.05, 0.1) is 11.1 Å². The molecule has 4 rings (SSSR count). The molecule has 1 aromatic carbocycles. The standard InChI is InChI=1S/C22H22ClN3O3/c23-19-7-8-20(22-18(19)6-2-10-25-22)29-15-21(27)26(14-17-5-3-11-28-17)13-16-4-1-9-24-12-16/h1-2,4,6-10,12,17H,3,5,11,13-15H2. The van der Waals surface area contributed by atoms with Crippen LogP contribution in [0.25, 0.3) is 10.9 Å². The van der Waals surface area contributed by atoms with E-state index in [9.17, 15) is 4.79 Å². The number of nitrogens with zero attached hydrogens (tertiary/aromatic N) is 3. The van der Waals surface area contributed by atoms with Gasteiger partial charge in [0, 0.05) is 43.7 Å². The zero-order valence-corrected chi connectivity index (χ0v) is 16.7. The maximum Gasteiger partial charge on any atom is 0.260 e. The minimum atomic E-state index is -0.108. The van der Waals surface area contributed by atoms with E-state index < -0.39 is 0 Å². The molecule has 0 saturated carbocycles. The molecule has 0 bridgehead atoms. The van der Waals surface area contributed by atoms with Crippen molar-refractivity contribution in [2.24, 2.45) is 0 Å². The van der Waals surface area contributed by atoms with Gasteiger partial charge < -0.3 is 14.4 Å². The Bertz CT molecular complexity index is 977. The van der Waals surface area contributed by atoms with Crippen molar-refractivity contribution < 1.29 is 14.3 Å². The SMILES string of the molecule is O=C(COc1ccc(Cl)c2cccnc12)N(Cc1cccnc1)CC1CCCO1. The Hall–Kier alpha value is -2.70. The van der Waals surface area contributed by atoms with Gasteiger partial charge in [0.1, 0.15) is 11.3 Å². The molecule has 2 aromatic heterocycles. The van der Waals surface area contributed by atoms with E-state index in [4.69, 9.17) is 21.1 Å². The second kappa shape index (κ2) is 9.20. The van der Waals surface area contributed by atoms with Crippen molar-refractivity contribution in [2.75, 3.05) is 19.8 Å². The molecule has 1 fully saturated rings. The summed E-state index contributed by atoms with van der Waals surface area (Å²) in [5, 5.41) is 1.40. The number of benzene rings is 1. The molecule has 1 aliphatic rings. The molecule has 1 saturated heterocycles. The number of hydrogen-bond donors (Lipinski definition) is 0. The highest BCUT2D eigenvalue weighted by atomic mass is 35.5. The summed E-state index contributed by atoms with van der Waals surface area (Å²) >= 11 is 6.24. The minimum absolute atomic E-state index is 0.0636. The van der Waals surface area contributed by atoms with Gasteiger partial charge in [-0.25, -0.2) is 0 Å². The molecule has 1 atom stereocenters. The molecule has 0 N–H and O–H groups in total. The lowest BCUT2D eigenvalue weighted by atomic mass is 10.2. The maximum absolute atomic E-state index is 13.0. The van der Waals surface area contributed by atoms with E-state index >= 15 is 0 Å². The lowest BCUT2D eigenvalue weighted by Crippen LogP contribution is -2.39. The Balaban J connectivity index is 1.48. The second-order valence-corrected chi connectivity index (χ2v) is 7.41. The monoisotopic (exact) mass is 411 g/mol. The molecule has 6 nitrogen and oxygen atoms in total. The number of rotatable bonds is 7. The quantitative estimate of drug-likeness (QED) is 0.590. The van der Waals surface area contributed by atoms with Crippen molar-refractivity contribution in [1.29, 1.82) is 0 Å². The number of pyridine rings is 2. The first-order chi connectivity index (χ1) is 14.2. The molecule has 29 heavy (non-hydrogen) atoms. The topological polar surface area (TPSA) is 64.5 Å². The van der Waals surface area contributed by atoms with Gasteiger partial charge in [-0.2, -0.15) is 0 Å². The van der Waals surface area contributed by atoms with Gasteiger partial charge in [0.15, 0.2) is 6.61 Å². The first-order valence-corrected chi connectivity index (χ1v) is 10.0. The zero-order chi connectivity index (χ0) is 20.1. The van der Waals surface area contributed by atoms with Crippen LogP contribution in [0.2, 0.25) is 5.02 Å². The predicted octanol–water partition coefficient (Wildman–Crippen LogP) is 3.87. The molecule has 0 aliphatic carbocycles. The van der Waals surface area contributed by atoms with Gasteiger partial charge in [-0.3, -0.25) is 14.8 Å². The molecule has 1 amide bonds. The van der Waals surface area contributed by atoms with E-state index in [-0.39, 0.29) is 18.6 Å². The summed E-state index contributed by atoms with van der Waals surface area (Å²) in [4.78, 5) is 23.3. The predicted molar refractivity (Wildman–Crippen MR) is 111 cm³/mol. The van der Waals surface area contributed by atoms with Crippen LogP contribution in [0.3, 0.4) is 0 Å². The number of amides is 1. The Morgan fingerprint density at radius 1 is 1.24 bits per heavy atom. The van der Waals surface area contributed by atoms with Crippen LogP contribution in [0.4, 0.5) is 0 Å². The number of carbonyl (C=O) groups excluding carboxylic acids is 1. The van der Waals surface area contributed by atoms with E-state index in [1.54, 1.807) is 35.6 Å². The molecule has 1 aliphatic heterocycles. The highest BCUT2D eigenvalue weighted by molar-refractivity contribution is 6.35. The fourth-order valence-corrected chi connectivity index (χ4v) is 3.68. The largest absolute Gasteiger partial charge is 0.481 e. The number of aromatic nitrogens is 2. The molecular weight excluding hydrogens is 390 g/mol. The Morgan fingerprint density at radius 3 is 2.93 bits per heavy atom. The van der Waals surface area contributed by atoms with Crippen LogP contribution in [0.15, 0.2) is 55.0 Å². The first-order valence-electron chi connectivity index (χ1n) is 9.65. The summed E-state index contributed by atoms with van der Waals surface area (Å²) in [6.45, 7) is 1.67. The van der Waals surface area contributed by atoms with Crippen molar-refractivity contribution >= 4 is 28.4 Å². The van der Waals surface area contributed by atoms with Gasteiger partial charge in [0.25, 0.3) is 5.91 Å². The summed E-state index contributed by atoms with van der Waals surface area (Å²) < 4.78 is 11.6. The Morgan fingerprint density at radius 2 is 2.14 bits per heavy atom. The molecule has 7 heteroatoms. The third-order valence-electron chi connectivity index (χ3n) is 4.93. The highest BCUT2D eigenvalue weighted by Crippen LogP contribution is 2.29. The van der Waals surface area contributed by atoms with Crippen LogP contribution in [0.5, 0.6) is 5.75 Å². The van der Waals surface area contributed by atoms with Crippen LogP contribution in [-0.4, -0.2) is 46.6 Å². The van der Waals surface area contributed by atoms with Crippen LogP contribution in [-0.2, 0) is 16.1 Å². The lowest BCUT2D eigenvalue weighted by molar-refractivity contribution is -0.135. The summed E-state index contributed by atoms with van der Waals surface area (Å²) in [5.74, 6) is 0.431. The lowest BCUT2D eigenvalue weighted by Gasteiger charge is -2.25. The van der Waals surface area contributed by atoms with Crippen LogP contribution in [0, 0.1) is 0 Å². The number of carbonyl (C=O) groups is 1. The van der Waals surface area contributed by atoms with Crippen LogP contribution >= 0.6 is 11.6 Å². The van der Waals surface area contributed by atoms with Crippen molar-refractivity contribution in [3.05, 3.63) is 65.6 Å². The van der Waals surface area contributed by atoms with Gasteiger partial charge in [-0.15, -0.1) is 0 Å². The fourth-order valence-electron chi connectivity index (χ4n) is 3.46. The van der Waals surface area contributed by atoms with Crippen molar-refractivity contribution in [2.45, 2.75) is 25.5 Å². The number of ether oxygens (including phenoxy) is 2. The third-order valence-corrected chi connectivity index (χ3v) is 5.26. The molecule has 150 valence electrons. The molecule has 3 heterocycles. The minimum Gasteiger partial charge on any atom is -0.481 e. The van der Waals surface area contributed by atoms with Gasteiger partial charge in [-0.05, 0) is 48.7 Å². The van der Waals surface area contributed by atoms with E-state index in [0.29, 0.717) is 29.4 Å². The number of halogens is 1. The smallest absolute Gasteiger partial charge is 0.260 e. The molecule has 0 radical (unpaired) electrons. The molecule has 3 aromatic rings. The Labute approximate surface area is 174 Å². The van der Waals surface area contributed by atoms with Gasteiger partial charge >= 0.3 is 0 Å². The fraction of sp³-hybridized carbons (Fsp3) is 0.318. The van der Waals surface area contributed by atoms with E-state index in [0.717, 1.165) is 30.4 Å². The number of hydrogen-bond acceptors (Lipinski definition) is 5. The Kier molecular flexibility index (Phi) is 6.22. The summed E-state index contributed by atoms with van der Waals surface area (Å²) in [6.07, 6.45) is 7.22. The summed E-state index contributed by atoms with van der Waals surface area (Å²) in [6, 6.07) is 11.0. The summed E-state index contributed by atoms with van der Waals surface area (Å²) in [7, 11) is 0. The molecular formula is C22H22ClN3O3. The average molecular weight is 412 g/mol. The van der Waals surface area contributed by atoms with Crippen molar-refractivity contribution in [1.82, 2.24) is 14.9 Å². The van der Waals surface area contributed by atoms with Gasteiger partial charge in [0.2, 0.25) is 0 Å². The normalized spacial score (nSPS) is 16.1. The van der Waals surface area contributed by atoms with E-state index in [1.807, 2.05) is 24.3 Å². The average Bonchev–Trinajstić information content (AvgIpc) is 3.27. The van der Waals surface area contributed by atoms with Crippen molar-refractivity contribution in [3.8, 4) is 5.75 Å². The first kappa shape index (κ1) is 19.6. The molecule has 1 unspecified atom stereocenters. The van der Waals surface area contributed by atoms with Crippen LogP contribution < -0.4 is 4.74 Å². The number of fused-ring (bicyclic) bond motifs is 1.